The van der Waals surface area contributed by atoms with E-state index in [-0.39, 0.29) is 5.28 Å². The largest absolute Gasteiger partial charge is 0.355 e. The standard InChI is InChI=1S/C9H10ClN5/c1-15(5-2-3-5)8-6-7(12-4-11-6)13-9(10)14-8/h4-5H,2-3H2,1H3,(H,11,12,13,14). The molecule has 2 aromatic rings. The second kappa shape index (κ2) is 3.06. The molecule has 1 saturated carbocycles. The molecule has 0 aliphatic heterocycles. The molecule has 2 heterocycles. The van der Waals surface area contributed by atoms with E-state index in [4.69, 9.17) is 11.6 Å². The smallest absolute Gasteiger partial charge is 0.226 e. The molecule has 15 heavy (non-hydrogen) atoms. The molecule has 78 valence electrons. The monoisotopic (exact) mass is 223 g/mol. The van der Waals surface area contributed by atoms with Crippen LogP contribution < -0.4 is 4.90 Å². The van der Waals surface area contributed by atoms with Gasteiger partial charge in [0.25, 0.3) is 0 Å². The molecule has 0 aromatic carbocycles. The van der Waals surface area contributed by atoms with Gasteiger partial charge in [0.2, 0.25) is 5.28 Å². The van der Waals surface area contributed by atoms with Crippen LogP contribution >= 0.6 is 11.6 Å². The third kappa shape index (κ3) is 1.43. The molecule has 0 saturated heterocycles. The van der Waals surface area contributed by atoms with Crippen LogP contribution in [0.1, 0.15) is 12.8 Å². The minimum atomic E-state index is 0.247. The summed E-state index contributed by atoms with van der Waals surface area (Å²) in [7, 11) is 2.02. The maximum absolute atomic E-state index is 5.85. The quantitative estimate of drug-likeness (QED) is 0.786. The van der Waals surface area contributed by atoms with E-state index in [0.29, 0.717) is 11.7 Å². The highest BCUT2D eigenvalue weighted by atomic mass is 35.5. The number of hydrogen-bond acceptors (Lipinski definition) is 4. The van der Waals surface area contributed by atoms with Gasteiger partial charge in [0.05, 0.1) is 6.33 Å². The van der Waals surface area contributed by atoms with Gasteiger partial charge in [-0.15, -0.1) is 0 Å². The fourth-order valence-corrected chi connectivity index (χ4v) is 1.84. The second-order valence-corrected chi connectivity index (χ2v) is 4.10. The SMILES string of the molecule is CN(c1nc(Cl)nc2nc[nH]c12)C1CC1. The zero-order valence-electron chi connectivity index (χ0n) is 8.24. The Morgan fingerprint density at radius 1 is 1.47 bits per heavy atom. The summed E-state index contributed by atoms with van der Waals surface area (Å²) >= 11 is 5.85. The molecule has 0 atom stereocenters. The fraction of sp³-hybridized carbons (Fsp3) is 0.444. The Hall–Kier alpha value is -1.36. The number of aromatic nitrogens is 4. The lowest BCUT2D eigenvalue weighted by molar-refractivity contribution is 0.892. The third-order valence-electron chi connectivity index (χ3n) is 2.67. The average Bonchev–Trinajstić information content (AvgIpc) is 2.96. The minimum Gasteiger partial charge on any atom is -0.355 e. The number of imidazole rings is 1. The van der Waals surface area contributed by atoms with Crippen molar-refractivity contribution in [3.8, 4) is 0 Å². The number of fused-ring (bicyclic) bond motifs is 1. The molecular weight excluding hydrogens is 214 g/mol. The van der Waals surface area contributed by atoms with E-state index >= 15 is 0 Å². The fourth-order valence-electron chi connectivity index (χ4n) is 1.68. The molecule has 5 nitrogen and oxygen atoms in total. The lowest BCUT2D eigenvalue weighted by atomic mass is 10.4. The zero-order chi connectivity index (χ0) is 10.4. The van der Waals surface area contributed by atoms with Gasteiger partial charge in [-0.05, 0) is 24.4 Å². The molecule has 0 spiro atoms. The lowest BCUT2D eigenvalue weighted by Gasteiger charge is -2.17. The van der Waals surface area contributed by atoms with Crippen LogP contribution in [-0.2, 0) is 0 Å². The van der Waals surface area contributed by atoms with Gasteiger partial charge < -0.3 is 9.88 Å². The Balaban J connectivity index is 2.18. The van der Waals surface area contributed by atoms with Crippen LogP contribution in [0, 0.1) is 0 Å². The minimum absolute atomic E-state index is 0.247. The normalized spacial score (nSPS) is 15.9. The first-order chi connectivity index (χ1) is 7.25. The second-order valence-electron chi connectivity index (χ2n) is 3.76. The van der Waals surface area contributed by atoms with E-state index in [1.54, 1.807) is 6.33 Å². The van der Waals surface area contributed by atoms with Crippen molar-refractivity contribution in [3.63, 3.8) is 0 Å². The number of H-pyrrole nitrogens is 1. The number of aromatic amines is 1. The third-order valence-corrected chi connectivity index (χ3v) is 2.84. The number of nitrogens with zero attached hydrogens (tertiary/aromatic N) is 4. The van der Waals surface area contributed by atoms with Crippen LogP contribution in [0.4, 0.5) is 5.82 Å². The van der Waals surface area contributed by atoms with Crippen LogP contribution in [0.5, 0.6) is 0 Å². The number of rotatable bonds is 2. The average molecular weight is 224 g/mol. The van der Waals surface area contributed by atoms with Crippen molar-refractivity contribution in [2.24, 2.45) is 0 Å². The van der Waals surface area contributed by atoms with Crippen molar-refractivity contribution in [3.05, 3.63) is 11.6 Å². The van der Waals surface area contributed by atoms with Gasteiger partial charge in [-0.25, -0.2) is 4.98 Å². The first-order valence-corrected chi connectivity index (χ1v) is 5.23. The van der Waals surface area contributed by atoms with E-state index in [0.717, 1.165) is 11.3 Å². The predicted molar refractivity (Wildman–Crippen MR) is 58.1 cm³/mol. The van der Waals surface area contributed by atoms with Crippen LogP contribution in [0.3, 0.4) is 0 Å². The number of anilines is 1. The molecule has 1 fully saturated rings. The molecule has 1 aliphatic rings. The summed E-state index contributed by atoms with van der Waals surface area (Å²) in [6, 6.07) is 0.586. The molecule has 1 N–H and O–H groups in total. The first-order valence-electron chi connectivity index (χ1n) is 4.85. The summed E-state index contributed by atoms with van der Waals surface area (Å²) in [6.45, 7) is 0. The van der Waals surface area contributed by atoms with E-state index in [1.807, 2.05) is 7.05 Å². The molecular formula is C9H10ClN5. The number of halogens is 1. The van der Waals surface area contributed by atoms with Crippen LogP contribution in [0.2, 0.25) is 5.28 Å². The molecule has 2 aromatic heterocycles. The van der Waals surface area contributed by atoms with E-state index in [9.17, 15) is 0 Å². The Labute approximate surface area is 91.5 Å². The summed E-state index contributed by atoms with van der Waals surface area (Å²) in [5.41, 5.74) is 1.48. The summed E-state index contributed by atoms with van der Waals surface area (Å²) in [5.74, 6) is 0.838. The Kier molecular flexibility index (Phi) is 1.82. The molecule has 1 aliphatic carbocycles. The number of hydrogen-bond donors (Lipinski definition) is 1. The van der Waals surface area contributed by atoms with Gasteiger partial charge in [-0.1, -0.05) is 0 Å². The van der Waals surface area contributed by atoms with Crippen molar-refractivity contribution in [2.75, 3.05) is 11.9 Å². The van der Waals surface area contributed by atoms with Gasteiger partial charge in [0, 0.05) is 13.1 Å². The maximum Gasteiger partial charge on any atom is 0.226 e. The van der Waals surface area contributed by atoms with Crippen LogP contribution in [0.15, 0.2) is 6.33 Å². The van der Waals surface area contributed by atoms with E-state index in [1.165, 1.54) is 12.8 Å². The van der Waals surface area contributed by atoms with E-state index in [2.05, 4.69) is 24.8 Å². The van der Waals surface area contributed by atoms with Gasteiger partial charge in [-0.2, -0.15) is 9.97 Å². The first kappa shape index (κ1) is 8.91. The highest BCUT2D eigenvalue weighted by Gasteiger charge is 2.29. The Bertz CT molecular complexity index is 504. The highest BCUT2D eigenvalue weighted by molar-refractivity contribution is 6.28. The summed E-state index contributed by atoms with van der Waals surface area (Å²) in [4.78, 5) is 17.5. The number of nitrogens with one attached hydrogen (secondary N) is 1. The summed E-state index contributed by atoms with van der Waals surface area (Å²) < 4.78 is 0. The molecule has 0 radical (unpaired) electrons. The lowest BCUT2D eigenvalue weighted by Crippen LogP contribution is -2.21. The highest BCUT2D eigenvalue weighted by Crippen LogP contribution is 2.32. The summed E-state index contributed by atoms with van der Waals surface area (Å²) in [6.07, 6.45) is 4.04. The zero-order valence-corrected chi connectivity index (χ0v) is 8.99. The molecule has 0 unspecified atom stereocenters. The van der Waals surface area contributed by atoms with Crippen LogP contribution in [0.25, 0.3) is 11.2 Å². The molecule has 6 heteroatoms. The van der Waals surface area contributed by atoms with Gasteiger partial charge in [-0.3, -0.25) is 0 Å². The topological polar surface area (TPSA) is 57.7 Å². The molecule has 0 bridgehead atoms. The molecule has 0 amide bonds. The van der Waals surface area contributed by atoms with Gasteiger partial charge >= 0.3 is 0 Å². The van der Waals surface area contributed by atoms with E-state index < -0.39 is 0 Å². The predicted octanol–water partition coefficient (Wildman–Crippen LogP) is 1.60. The van der Waals surface area contributed by atoms with Crippen molar-refractivity contribution in [1.29, 1.82) is 0 Å². The van der Waals surface area contributed by atoms with Crippen molar-refractivity contribution >= 4 is 28.6 Å². The Morgan fingerprint density at radius 3 is 3.00 bits per heavy atom. The maximum atomic E-state index is 5.85. The Morgan fingerprint density at radius 2 is 2.27 bits per heavy atom. The van der Waals surface area contributed by atoms with Gasteiger partial charge in [0.15, 0.2) is 11.5 Å². The summed E-state index contributed by atoms with van der Waals surface area (Å²) in [5, 5.41) is 0.247. The van der Waals surface area contributed by atoms with Gasteiger partial charge in [0.1, 0.15) is 5.52 Å². The van der Waals surface area contributed by atoms with Crippen molar-refractivity contribution in [2.45, 2.75) is 18.9 Å². The van der Waals surface area contributed by atoms with Crippen molar-refractivity contribution in [1.82, 2.24) is 19.9 Å². The molecule has 3 rings (SSSR count). The van der Waals surface area contributed by atoms with Crippen LogP contribution in [-0.4, -0.2) is 33.0 Å². The van der Waals surface area contributed by atoms with Crippen molar-refractivity contribution < 1.29 is 0 Å².